The molecule has 0 atom stereocenters. The Bertz CT molecular complexity index is 728. The van der Waals surface area contributed by atoms with Crippen LogP contribution in [0.15, 0.2) is 40.9 Å². The second-order valence-electron chi connectivity index (χ2n) is 3.73. The number of hydrogen-bond donors (Lipinski definition) is 0. The molecule has 0 unspecified atom stereocenters. The van der Waals surface area contributed by atoms with Crippen molar-refractivity contribution in [2.24, 2.45) is 0 Å². The van der Waals surface area contributed by atoms with Gasteiger partial charge in [-0.3, -0.25) is 10.1 Å². The van der Waals surface area contributed by atoms with E-state index in [1.807, 2.05) is 6.07 Å². The van der Waals surface area contributed by atoms with Crippen LogP contribution in [-0.4, -0.2) is 4.92 Å². The third kappa shape index (κ3) is 3.07. The van der Waals surface area contributed by atoms with Gasteiger partial charge >= 0.3 is 0 Å². The van der Waals surface area contributed by atoms with Crippen LogP contribution in [0.2, 0.25) is 5.02 Å². The van der Waals surface area contributed by atoms with E-state index >= 15 is 0 Å². The predicted molar refractivity (Wildman–Crippen MR) is 77.0 cm³/mol. The number of benzene rings is 2. The summed E-state index contributed by atoms with van der Waals surface area (Å²) in [5.74, 6) is 0.560. The van der Waals surface area contributed by atoms with E-state index in [1.165, 1.54) is 18.2 Å². The Morgan fingerprint density at radius 2 is 2.00 bits per heavy atom. The van der Waals surface area contributed by atoms with E-state index in [0.717, 1.165) is 4.47 Å². The van der Waals surface area contributed by atoms with Crippen molar-refractivity contribution in [1.29, 1.82) is 5.26 Å². The second-order valence-corrected chi connectivity index (χ2v) is 5.05. The summed E-state index contributed by atoms with van der Waals surface area (Å²) >= 11 is 9.21. The lowest BCUT2D eigenvalue weighted by Crippen LogP contribution is -1.91. The lowest BCUT2D eigenvalue weighted by atomic mass is 10.2. The number of non-ortho nitro benzene ring substituents is 1. The SMILES string of the molecule is N#Cc1ccc(Br)cc1Oc1ccc([N+](=O)[O-])cc1Cl. The average molecular weight is 354 g/mol. The molecule has 0 saturated heterocycles. The number of nitro benzene ring substituents is 1. The highest BCUT2D eigenvalue weighted by molar-refractivity contribution is 9.10. The van der Waals surface area contributed by atoms with Gasteiger partial charge in [0.05, 0.1) is 15.5 Å². The zero-order chi connectivity index (χ0) is 14.7. The fraction of sp³-hybridized carbons (Fsp3) is 0. The highest BCUT2D eigenvalue weighted by atomic mass is 79.9. The maximum absolute atomic E-state index is 10.6. The fourth-order valence-electron chi connectivity index (χ4n) is 1.48. The third-order valence-electron chi connectivity index (χ3n) is 2.41. The van der Waals surface area contributed by atoms with E-state index in [2.05, 4.69) is 15.9 Å². The summed E-state index contributed by atoms with van der Waals surface area (Å²) in [5, 5.41) is 19.7. The minimum absolute atomic E-state index is 0.100. The van der Waals surface area contributed by atoms with Gasteiger partial charge in [0.2, 0.25) is 0 Å². The molecule has 2 rings (SSSR count). The molecule has 0 saturated carbocycles. The normalized spacial score (nSPS) is 9.85. The molecule has 20 heavy (non-hydrogen) atoms. The van der Waals surface area contributed by atoms with Crippen molar-refractivity contribution in [1.82, 2.24) is 0 Å². The molecule has 0 radical (unpaired) electrons. The predicted octanol–water partition coefficient (Wildman–Crippen LogP) is 4.67. The van der Waals surface area contributed by atoms with Gasteiger partial charge in [0, 0.05) is 16.6 Å². The van der Waals surface area contributed by atoms with Gasteiger partial charge in [0.1, 0.15) is 17.6 Å². The number of hydrogen-bond acceptors (Lipinski definition) is 4. The summed E-state index contributed by atoms with van der Waals surface area (Å²) in [6.07, 6.45) is 0. The van der Waals surface area contributed by atoms with Crippen LogP contribution in [0.25, 0.3) is 0 Å². The Hall–Kier alpha value is -2.10. The maximum atomic E-state index is 10.6. The number of nitriles is 1. The van der Waals surface area contributed by atoms with Gasteiger partial charge in [0.15, 0.2) is 0 Å². The van der Waals surface area contributed by atoms with E-state index in [9.17, 15) is 10.1 Å². The molecule has 0 aliphatic rings. The van der Waals surface area contributed by atoms with Crippen molar-refractivity contribution in [2.75, 3.05) is 0 Å². The van der Waals surface area contributed by atoms with Crippen molar-refractivity contribution in [3.8, 4) is 17.6 Å². The van der Waals surface area contributed by atoms with Crippen LogP contribution in [0, 0.1) is 21.4 Å². The quantitative estimate of drug-likeness (QED) is 0.593. The Labute approximate surface area is 127 Å². The second kappa shape index (κ2) is 5.90. The van der Waals surface area contributed by atoms with Crippen molar-refractivity contribution in [3.05, 3.63) is 61.6 Å². The van der Waals surface area contributed by atoms with E-state index in [4.69, 9.17) is 21.6 Å². The monoisotopic (exact) mass is 352 g/mol. The largest absolute Gasteiger partial charge is 0.454 e. The molecule has 5 nitrogen and oxygen atoms in total. The van der Waals surface area contributed by atoms with E-state index in [0.29, 0.717) is 11.3 Å². The van der Waals surface area contributed by atoms with Crippen molar-refractivity contribution in [2.45, 2.75) is 0 Å². The topological polar surface area (TPSA) is 76.2 Å². The van der Waals surface area contributed by atoms with Gasteiger partial charge < -0.3 is 4.74 Å². The molecular weight excluding hydrogens is 348 g/mol. The number of nitrogens with zero attached hydrogens (tertiary/aromatic N) is 2. The highest BCUT2D eigenvalue weighted by Crippen LogP contribution is 2.34. The van der Waals surface area contributed by atoms with E-state index in [-0.39, 0.29) is 16.5 Å². The van der Waals surface area contributed by atoms with E-state index < -0.39 is 4.92 Å². The van der Waals surface area contributed by atoms with Gasteiger partial charge in [-0.05, 0) is 24.3 Å². The Morgan fingerprint density at radius 3 is 2.60 bits per heavy atom. The Balaban J connectivity index is 2.38. The van der Waals surface area contributed by atoms with Gasteiger partial charge in [0.25, 0.3) is 5.69 Å². The van der Waals surface area contributed by atoms with Crippen LogP contribution in [0.1, 0.15) is 5.56 Å². The minimum atomic E-state index is -0.546. The standard InChI is InChI=1S/C13H6BrClN2O3/c14-9-2-1-8(7-16)13(5-9)20-12-4-3-10(17(18)19)6-11(12)15/h1-6H. The Kier molecular flexibility index (Phi) is 4.23. The van der Waals surface area contributed by atoms with Crippen LogP contribution < -0.4 is 4.74 Å². The lowest BCUT2D eigenvalue weighted by Gasteiger charge is -2.09. The summed E-state index contributed by atoms with van der Waals surface area (Å²) in [5.41, 5.74) is 0.208. The molecule has 0 bridgehead atoms. The van der Waals surface area contributed by atoms with E-state index in [1.54, 1.807) is 18.2 Å². The molecule has 0 fully saturated rings. The molecule has 7 heteroatoms. The first-order chi connectivity index (χ1) is 9.51. The zero-order valence-electron chi connectivity index (χ0n) is 9.84. The zero-order valence-corrected chi connectivity index (χ0v) is 12.2. The van der Waals surface area contributed by atoms with Crippen LogP contribution in [0.3, 0.4) is 0 Å². The van der Waals surface area contributed by atoms with Crippen LogP contribution >= 0.6 is 27.5 Å². The number of nitro groups is 1. The average Bonchev–Trinajstić information content (AvgIpc) is 2.41. The van der Waals surface area contributed by atoms with Crippen LogP contribution in [0.4, 0.5) is 5.69 Å². The summed E-state index contributed by atoms with van der Waals surface area (Å²) in [6, 6.07) is 10.8. The Morgan fingerprint density at radius 1 is 1.25 bits per heavy atom. The third-order valence-corrected chi connectivity index (χ3v) is 3.20. The molecule has 0 aromatic heterocycles. The first-order valence-corrected chi connectivity index (χ1v) is 6.50. The molecule has 0 heterocycles. The highest BCUT2D eigenvalue weighted by Gasteiger charge is 2.12. The summed E-state index contributed by atoms with van der Waals surface area (Å²) in [6.45, 7) is 0. The molecule has 0 aliphatic heterocycles. The number of halogens is 2. The molecule has 0 spiro atoms. The van der Waals surface area contributed by atoms with Crippen molar-refractivity contribution < 1.29 is 9.66 Å². The number of ether oxygens (including phenoxy) is 1. The fourth-order valence-corrected chi connectivity index (χ4v) is 2.03. The molecule has 100 valence electrons. The summed E-state index contributed by atoms with van der Waals surface area (Å²) < 4.78 is 6.28. The molecule has 0 aliphatic carbocycles. The van der Waals surface area contributed by atoms with Crippen LogP contribution in [-0.2, 0) is 0 Å². The number of rotatable bonds is 3. The van der Waals surface area contributed by atoms with Gasteiger partial charge in [-0.2, -0.15) is 5.26 Å². The molecule has 0 N–H and O–H groups in total. The van der Waals surface area contributed by atoms with Crippen molar-refractivity contribution in [3.63, 3.8) is 0 Å². The molecule has 2 aromatic rings. The van der Waals surface area contributed by atoms with Crippen molar-refractivity contribution >= 4 is 33.2 Å². The summed E-state index contributed by atoms with van der Waals surface area (Å²) in [4.78, 5) is 10.1. The first-order valence-electron chi connectivity index (χ1n) is 5.32. The molecule has 2 aromatic carbocycles. The van der Waals surface area contributed by atoms with Crippen LogP contribution in [0.5, 0.6) is 11.5 Å². The molecule has 0 amide bonds. The summed E-state index contributed by atoms with van der Waals surface area (Å²) in [7, 11) is 0. The maximum Gasteiger partial charge on any atom is 0.271 e. The van der Waals surface area contributed by atoms with Gasteiger partial charge in [-0.25, -0.2) is 0 Å². The van der Waals surface area contributed by atoms with Gasteiger partial charge in [-0.1, -0.05) is 27.5 Å². The first kappa shape index (κ1) is 14.3. The lowest BCUT2D eigenvalue weighted by molar-refractivity contribution is -0.384. The smallest absolute Gasteiger partial charge is 0.271 e. The molecular formula is C13H6BrClN2O3. The van der Waals surface area contributed by atoms with Gasteiger partial charge in [-0.15, -0.1) is 0 Å². The minimum Gasteiger partial charge on any atom is -0.454 e.